The minimum absolute atomic E-state index is 1.23. The van der Waals surface area contributed by atoms with E-state index >= 15 is 0 Å². The van der Waals surface area contributed by atoms with Crippen LogP contribution in [0, 0.1) is 6.92 Å². The molecule has 0 radical (unpaired) electrons. The average molecular weight is 207 g/mol. The molecule has 0 saturated carbocycles. The van der Waals surface area contributed by atoms with E-state index in [1.807, 2.05) is 13.8 Å². The number of thioether (sulfide) groups is 1. The molecule has 1 heterocycles. The van der Waals surface area contributed by atoms with Crippen molar-refractivity contribution in [2.45, 2.75) is 25.8 Å². The molecule has 2 aromatic rings. The molecule has 1 nitrogen and oxygen atoms in total. The Kier molecular flexibility index (Phi) is 4.08. The van der Waals surface area contributed by atoms with Gasteiger partial charge in [-0.05, 0) is 31.4 Å². The maximum absolute atomic E-state index is 3.34. The summed E-state index contributed by atoms with van der Waals surface area (Å²) >= 11 is 1.74. The van der Waals surface area contributed by atoms with E-state index in [4.69, 9.17) is 0 Å². The Hall–Kier alpha value is -0.890. The van der Waals surface area contributed by atoms with E-state index in [1.54, 1.807) is 11.8 Å². The molecular weight excluding hydrogens is 190 g/mol. The Morgan fingerprint density at radius 1 is 1.14 bits per heavy atom. The molecule has 0 saturated heterocycles. The molecule has 0 bridgehead atoms. The summed E-state index contributed by atoms with van der Waals surface area (Å²) in [5, 5.41) is 2.54. The van der Waals surface area contributed by atoms with Gasteiger partial charge in [0.05, 0.1) is 5.03 Å². The number of aromatic amines is 1. The Bertz CT molecular complexity index is 404. The van der Waals surface area contributed by atoms with E-state index in [2.05, 4.69) is 42.4 Å². The van der Waals surface area contributed by atoms with Crippen molar-refractivity contribution in [3.8, 4) is 0 Å². The molecule has 0 aliphatic heterocycles. The summed E-state index contributed by atoms with van der Waals surface area (Å²) in [6.45, 7) is 6.12. The van der Waals surface area contributed by atoms with Gasteiger partial charge in [-0.15, -0.1) is 11.8 Å². The maximum atomic E-state index is 3.34. The monoisotopic (exact) mass is 207 g/mol. The standard InChI is InChI=1S/C10H11NS.C2H6/c1-7-3-4-9-8(5-7)6-10(11-9)12-2;1-2/h3-6,11H,1-2H3;1-2H3. The third-order valence-electron chi connectivity index (χ3n) is 1.97. The average Bonchev–Trinajstić information content (AvgIpc) is 2.62. The van der Waals surface area contributed by atoms with Crippen LogP contribution in [-0.2, 0) is 0 Å². The molecule has 1 aromatic heterocycles. The lowest BCUT2D eigenvalue weighted by Gasteiger charge is -1.90. The maximum Gasteiger partial charge on any atom is 0.0729 e. The third kappa shape index (κ3) is 2.32. The number of hydrogen-bond acceptors (Lipinski definition) is 1. The molecule has 0 spiro atoms. The largest absolute Gasteiger partial charge is 0.350 e. The van der Waals surface area contributed by atoms with Gasteiger partial charge < -0.3 is 4.98 Å². The van der Waals surface area contributed by atoms with Crippen molar-refractivity contribution >= 4 is 22.7 Å². The lowest BCUT2D eigenvalue weighted by Crippen LogP contribution is -1.70. The predicted molar refractivity (Wildman–Crippen MR) is 66.2 cm³/mol. The third-order valence-corrected chi connectivity index (χ3v) is 2.63. The highest BCUT2D eigenvalue weighted by atomic mass is 32.2. The lowest BCUT2D eigenvalue weighted by molar-refractivity contribution is 1.24. The molecule has 0 unspecified atom stereocenters. The van der Waals surface area contributed by atoms with E-state index in [-0.39, 0.29) is 0 Å². The summed E-state index contributed by atoms with van der Waals surface area (Å²) in [5.74, 6) is 0. The quantitative estimate of drug-likeness (QED) is 0.692. The first kappa shape index (κ1) is 11.2. The van der Waals surface area contributed by atoms with Crippen LogP contribution < -0.4 is 0 Å². The first-order valence-electron chi connectivity index (χ1n) is 4.93. The minimum atomic E-state index is 1.23. The fourth-order valence-electron chi connectivity index (χ4n) is 1.34. The van der Waals surface area contributed by atoms with Gasteiger partial charge in [0, 0.05) is 10.9 Å². The van der Waals surface area contributed by atoms with Crippen molar-refractivity contribution in [3.05, 3.63) is 29.8 Å². The van der Waals surface area contributed by atoms with E-state index < -0.39 is 0 Å². The smallest absolute Gasteiger partial charge is 0.0729 e. The molecule has 0 aliphatic carbocycles. The fourth-order valence-corrected chi connectivity index (χ4v) is 1.79. The summed E-state index contributed by atoms with van der Waals surface area (Å²) < 4.78 is 0. The predicted octanol–water partition coefficient (Wildman–Crippen LogP) is 4.22. The highest BCUT2D eigenvalue weighted by Gasteiger charge is 1.98. The second-order valence-corrected chi connectivity index (χ2v) is 3.78. The molecule has 2 heteroatoms. The molecule has 0 atom stereocenters. The summed E-state index contributed by atoms with van der Waals surface area (Å²) in [6, 6.07) is 8.64. The van der Waals surface area contributed by atoms with Gasteiger partial charge in [-0.2, -0.15) is 0 Å². The molecule has 14 heavy (non-hydrogen) atoms. The zero-order valence-electron chi connectivity index (χ0n) is 9.22. The number of hydrogen-bond donors (Lipinski definition) is 1. The lowest BCUT2D eigenvalue weighted by atomic mass is 10.2. The minimum Gasteiger partial charge on any atom is -0.350 e. The summed E-state index contributed by atoms with van der Waals surface area (Å²) in [5.41, 5.74) is 2.54. The summed E-state index contributed by atoms with van der Waals surface area (Å²) in [6.07, 6.45) is 2.08. The van der Waals surface area contributed by atoms with Crippen LogP contribution in [0.2, 0.25) is 0 Å². The fraction of sp³-hybridized carbons (Fsp3) is 0.333. The number of nitrogens with one attached hydrogen (secondary N) is 1. The Morgan fingerprint density at radius 2 is 1.86 bits per heavy atom. The van der Waals surface area contributed by atoms with Crippen LogP contribution in [0.4, 0.5) is 0 Å². The molecule has 1 N–H and O–H groups in total. The van der Waals surface area contributed by atoms with Gasteiger partial charge >= 0.3 is 0 Å². The van der Waals surface area contributed by atoms with E-state index in [1.165, 1.54) is 21.5 Å². The van der Waals surface area contributed by atoms with Crippen LogP contribution in [0.15, 0.2) is 29.3 Å². The van der Waals surface area contributed by atoms with Crippen molar-refractivity contribution in [1.82, 2.24) is 4.98 Å². The van der Waals surface area contributed by atoms with E-state index in [0.29, 0.717) is 0 Å². The van der Waals surface area contributed by atoms with Gasteiger partial charge in [0.1, 0.15) is 0 Å². The van der Waals surface area contributed by atoms with Crippen molar-refractivity contribution in [1.29, 1.82) is 0 Å². The molecule has 0 fully saturated rings. The number of fused-ring (bicyclic) bond motifs is 1. The van der Waals surface area contributed by atoms with E-state index in [9.17, 15) is 0 Å². The van der Waals surface area contributed by atoms with Crippen molar-refractivity contribution in [2.24, 2.45) is 0 Å². The topological polar surface area (TPSA) is 15.8 Å². The van der Waals surface area contributed by atoms with Gasteiger partial charge in [-0.3, -0.25) is 0 Å². The second kappa shape index (κ2) is 5.11. The molecule has 0 aliphatic rings. The van der Waals surface area contributed by atoms with Gasteiger partial charge in [0.25, 0.3) is 0 Å². The van der Waals surface area contributed by atoms with Crippen LogP contribution >= 0.6 is 11.8 Å². The van der Waals surface area contributed by atoms with Crippen LogP contribution in [0.25, 0.3) is 10.9 Å². The number of H-pyrrole nitrogens is 1. The van der Waals surface area contributed by atoms with Gasteiger partial charge in [-0.1, -0.05) is 25.5 Å². The van der Waals surface area contributed by atoms with Gasteiger partial charge in [0.2, 0.25) is 0 Å². The highest BCUT2D eigenvalue weighted by Crippen LogP contribution is 2.21. The highest BCUT2D eigenvalue weighted by molar-refractivity contribution is 7.98. The number of aryl methyl sites for hydroxylation is 1. The van der Waals surface area contributed by atoms with Crippen molar-refractivity contribution in [2.75, 3.05) is 6.26 Å². The second-order valence-electron chi connectivity index (χ2n) is 2.93. The van der Waals surface area contributed by atoms with Crippen LogP contribution in [0.5, 0.6) is 0 Å². The Morgan fingerprint density at radius 3 is 2.50 bits per heavy atom. The van der Waals surface area contributed by atoms with Gasteiger partial charge in [0.15, 0.2) is 0 Å². The van der Waals surface area contributed by atoms with Gasteiger partial charge in [-0.25, -0.2) is 0 Å². The summed E-state index contributed by atoms with van der Waals surface area (Å²) in [7, 11) is 0. The zero-order chi connectivity index (χ0) is 10.6. The SMILES string of the molecule is CC.CSc1cc2cc(C)ccc2[nH]1. The number of benzene rings is 1. The van der Waals surface area contributed by atoms with Crippen molar-refractivity contribution in [3.63, 3.8) is 0 Å². The molecule has 1 aromatic carbocycles. The zero-order valence-corrected chi connectivity index (χ0v) is 10.0. The number of rotatable bonds is 1. The molecular formula is C12H17NS. The first-order valence-corrected chi connectivity index (χ1v) is 6.15. The van der Waals surface area contributed by atoms with Crippen LogP contribution in [-0.4, -0.2) is 11.2 Å². The van der Waals surface area contributed by atoms with Crippen LogP contribution in [0.3, 0.4) is 0 Å². The molecule has 0 amide bonds. The normalized spacial score (nSPS) is 9.71. The van der Waals surface area contributed by atoms with E-state index in [0.717, 1.165) is 0 Å². The van der Waals surface area contributed by atoms with Crippen LogP contribution in [0.1, 0.15) is 19.4 Å². The molecule has 2 rings (SSSR count). The first-order chi connectivity index (χ1) is 6.79. The Labute approximate surface area is 89.9 Å². The number of aromatic nitrogens is 1. The summed E-state index contributed by atoms with van der Waals surface area (Å²) in [4.78, 5) is 3.34. The van der Waals surface area contributed by atoms with Crippen molar-refractivity contribution < 1.29 is 0 Å². The molecule has 76 valence electrons. The Balaban J connectivity index is 0.000000461.